The second-order valence-electron chi connectivity index (χ2n) is 4.99. The van der Waals surface area contributed by atoms with Gasteiger partial charge in [0.2, 0.25) is 0 Å². The molecular formula is C11H21N3O3S. The standard InChI is InChI=1S/C11H21N3O3S/c15-11(13-9-4-6-12-7-5-9)14-10-3-1-2-8-18(10,16)17/h9-10,12H,1-8H2,(H2,13,14,15). The van der Waals surface area contributed by atoms with Gasteiger partial charge in [-0.05, 0) is 45.2 Å². The van der Waals surface area contributed by atoms with Crippen molar-refractivity contribution < 1.29 is 13.2 Å². The average molecular weight is 275 g/mol. The van der Waals surface area contributed by atoms with E-state index in [0.29, 0.717) is 12.8 Å². The van der Waals surface area contributed by atoms with Gasteiger partial charge >= 0.3 is 6.03 Å². The molecule has 6 nitrogen and oxygen atoms in total. The number of nitrogens with one attached hydrogen (secondary N) is 3. The highest BCUT2D eigenvalue weighted by atomic mass is 32.2. The normalized spacial score (nSPS) is 28.6. The maximum atomic E-state index is 11.8. The van der Waals surface area contributed by atoms with Crippen molar-refractivity contribution in [3.63, 3.8) is 0 Å². The summed E-state index contributed by atoms with van der Waals surface area (Å²) in [6.07, 6.45) is 3.88. The number of piperidine rings is 1. The molecule has 2 heterocycles. The van der Waals surface area contributed by atoms with Gasteiger partial charge in [0.1, 0.15) is 5.37 Å². The van der Waals surface area contributed by atoms with Crippen molar-refractivity contribution in [1.82, 2.24) is 16.0 Å². The van der Waals surface area contributed by atoms with Gasteiger partial charge in [0, 0.05) is 6.04 Å². The maximum Gasteiger partial charge on any atom is 0.316 e. The Kier molecular flexibility index (Phi) is 4.45. The van der Waals surface area contributed by atoms with Gasteiger partial charge < -0.3 is 16.0 Å². The summed E-state index contributed by atoms with van der Waals surface area (Å²) in [7, 11) is -3.14. The Morgan fingerprint density at radius 2 is 1.78 bits per heavy atom. The third-order valence-corrected chi connectivity index (χ3v) is 5.62. The molecule has 104 valence electrons. The fourth-order valence-electron chi connectivity index (χ4n) is 2.46. The Morgan fingerprint density at radius 3 is 2.44 bits per heavy atom. The number of carbonyl (C=O) groups excluding carboxylic acids is 1. The molecule has 1 atom stereocenters. The van der Waals surface area contributed by atoms with Crippen molar-refractivity contribution in [2.75, 3.05) is 18.8 Å². The van der Waals surface area contributed by atoms with E-state index in [-0.39, 0.29) is 17.8 Å². The zero-order valence-electron chi connectivity index (χ0n) is 10.4. The van der Waals surface area contributed by atoms with Crippen LogP contribution in [-0.2, 0) is 9.84 Å². The fourth-order valence-corrected chi connectivity index (χ4v) is 4.16. The Morgan fingerprint density at radius 1 is 1.06 bits per heavy atom. The first kappa shape index (κ1) is 13.6. The molecule has 0 bridgehead atoms. The Hall–Kier alpha value is -0.820. The highest BCUT2D eigenvalue weighted by Crippen LogP contribution is 2.17. The predicted octanol–water partition coefficient (Wildman–Crippen LogP) is -0.0376. The molecule has 2 aliphatic heterocycles. The van der Waals surface area contributed by atoms with Crippen molar-refractivity contribution in [2.24, 2.45) is 0 Å². The fraction of sp³-hybridized carbons (Fsp3) is 0.909. The topological polar surface area (TPSA) is 87.3 Å². The lowest BCUT2D eigenvalue weighted by molar-refractivity contribution is 0.231. The molecule has 0 aromatic heterocycles. The minimum absolute atomic E-state index is 0.151. The molecule has 0 spiro atoms. The van der Waals surface area contributed by atoms with E-state index in [4.69, 9.17) is 0 Å². The second kappa shape index (κ2) is 5.88. The lowest BCUT2D eigenvalue weighted by Crippen LogP contribution is -2.52. The first-order chi connectivity index (χ1) is 8.58. The summed E-state index contributed by atoms with van der Waals surface area (Å²) in [5, 5.41) is 7.96. The van der Waals surface area contributed by atoms with Gasteiger partial charge in [-0.2, -0.15) is 0 Å². The van der Waals surface area contributed by atoms with Crippen molar-refractivity contribution in [2.45, 2.75) is 43.5 Å². The SMILES string of the molecule is O=C(NC1CCNCC1)NC1CCCCS1(=O)=O. The summed E-state index contributed by atoms with van der Waals surface area (Å²) < 4.78 is 23.5. The van der Waals surface area contributed by atoms with E-state index in [9.17, 15) is 13.2 Å². The van der Waals surface area contributed by atoms with Crippen molar-refractivity contribution in [3.05, 3.63) is 0 Å². The molecule has 0 aromatic rings. The lowest BCUT2D eigenvalue weighted by Gasteiger charge is -2.27. The predicted molar refractivity (Wildman–Crippen MR) is 69.0 cm³/mol. The van der Waals surface area contributed by atoms with E-state index in [2.05, 4.69) is 16.0 Å². The molecule has 0 aromatic carbocycles. The van der Waals surface area contributed by atoms with Crippen LogP contribution in [0.1, 0.15) is 32.1 Å². The molecule has 0 radical (unpaired) electrons. The van der Waals surface area contributed by atoms with E-state index in [0.717, 1.165) is 32.4 Å². The van der Waals surface area contributed by atoms with E-state index >= 15 is 0 Å². The van der Waals surface area contributed by atoms with Crippen LogP contribution in [0.5, 0.6) is 0 Å². The van der Waals surface area contributed by atoms with Crippen LogP contribution in [0, 0.1) is 0 Å². The zero-order chi connectivity index (χ0) is 13.0. The largest absolute Gasteiger partial charge is 0.335 e. The van der Waals surface area contributed by atoms with Gasteiger partial charge in [0.25, 0.3) is 0 Å². The van der Waals surface area contributed by atoms with E-state index in [1.807, 2.05) is 0 Å². The van der Waals surface area contributed by atoms with Gasteiger partial charge in [0.05, 0.1) is 5.75 Å². The molecule has 2 saturated heterocycles. The summed E-state index contributed by atoms with van der Waals surface area (Å²) in [6, 6.07) is -0.199. The Bertz CT molecular complexity index is 390. The summed E-state index contributed by atoms with van der Waals surface area (Å²) in [4.78, 5) is 11.8. The number of sulfone groups is 1. The molecule has 18 heavy (non-hydrogen) atoms. The molecule has 7 heteroatoms. The lowest BCUT2D eigenvalue weighted by atomic mass is 10.1. The average Bonchev–Trinajstić information content (AvgIpc) is 2.33. The highest BCUT2D eigenvalue weighted by molar-refractivity contribution is 7.92. The quantitative estimate of drug-likeness (QED) is 0.660. The van der Waals surface area contributed by atoms with Crippen LogP contribution in [0.3, 0.4) is 0 Å². The van der Waals surface area contributed by atoms with Crippen LogP contribution >= 0.6 is 0 Å². The van der Waals surface area contributed by atoms with Crippen LogP contribution in [0.25, 0.3) is 0 Å². The van der Waals surface area contributed by atoms with E-state index < -0.39 is 15.2 Å². The van der Waals surface area contributed by atoms with Crippen molar-refractivity contribution in [1.29, 1.82) is 0 Å². The van der Waals surface area contributed by atoms with Crippen LogP contribution in [0.2, 0.25) is 0 Å². The summed E-state index contributed by atoms with van der Waals surface area (Å²) >= 11 is 0. The number of urea groups is 1. The number of amides is 2. The summed E-state index contributed by atoms with van der Waals surface area (Å²) in [5.74, 6) is 0.186. The minimum Gasteiger partial charge on any atom is -0.335 e. The molecule has 2 aliphatic rings. The number of carbonyl (C=O) groups is 1. The maximum absolute atomic E-state index is 11.8. The molecule has 0 saturated carbocycles. The Labute approximate surface area is 108 Å². The second-order valence-corrected chi connectivity index (χ2v) is 7.30. The minimum atomic E-state index is -3.14. The molecule has 2 amide bonds. The van der Waals surface area contributed by atoms with Gasteiger partial charge in [-0.25, -0.2) is 13.2 Å². The van der Waals surface area contributed by atoms with Crippen molar-refractivity contribution >= 4 is 15.9 Å². The van der Waals surface area contributed by atoms with Gasteiger partial charge in [-0.15, -0.1) is 0 Å². The van der Waals surface area contributed by atoms with E-state index in [1.54, 1.807) is 0 Å². The molecule has 2 fully saturated rings. The molecule has 1 unspecified atom stereocenters. The first-order valence-corrected chi connectivity index (χ1v) is 8.29. The van der Waals surface area contributed by atoms with Crippen LogP contribution < -0.4 is 16.0 Å². The first-order valence-electron chi connectivity index (χ1n) is 6.57. The van der Waals surface area contributed by atoms with Crippen molar-refractivity contribution in [3.8, 4) is 0 Å². The highest BCUT2D eigenvalue weighted by Gasteiger charge is 2.30. The summed E-state index contributed by atoms with van der Waals surface area (Å²) in [6.45, 7) is 1.79. The summed E-state index contributed by atoms with van der Waals surface area (Å²) in [5.41, 5.74) is 0. The van der Waals surface area contributed by atoms with Gasteiger partial charge in [-0.3, -0.25) is 0 Å². The van der Waals surface area contributed by atoms with Gasteiger partial charge in [0.15, 0.2) is 9.84 Å². The Balaban J connectivity index is 1.82. The zero-order valence-corrected chi connectivity index (χ0v) is 11.3. The smallest absolute Gasteiger partial charge is 0.316 e. The molecule has 0 aliphatic carbocycles. The van der Waals surface area contributed by atoms with Crippen LogP contribution in [0.15, 0.2) is 0 Å². The molecular weight excluding hydrogens is 254 g/mol. The third-order valence-electron chi connectivity index (χ3n) is 3.55. The molecule has 3 N–H and O–H groups in total. The van der Waals surface area contributed by atoms with Crippen LogP contribution in [0.4, 0.5) is 4.79 Å². The monoisotopic (exact) mass is 275 g/mol. The van der Waals surface area contributed by atoms with Crippen LogP contribution in [-0.4, -0.2) is 44.7 Å². The van der Waals surface area contributed by atoms with Gasteiger partial charge in [-0.1, -0.05) is 0 Å². The van der Waals surface area contributed by atoms with E-state index in [1.165, 1.54) is 0 Å². The number of hydrogen-bond donors (Lipinski definition) is 3. The molecule has 2 rings (SSSR count). The third kappa shape index (κ3) is 3.58. The number of rotatable bonds is 2. The number of hydrogen-bond acceptors (Lipinski definition) is 4.